The third-order valence-electron chi connectivity index (χ3n) is 7.60. The van der Waals surface area contributed by atoms with Crippen LogP contribution >= 0.6 is 7.82 Å². The molecule has 262 valence electrons. The maximum Gasteiger partial charge on any atom is 0.306 e. The number of hydrogen-bond donors (Lipinski definition) is 0. The summed E-state index contributed by atoms with van der Waals surface area (Å²) in [6.07, 6.45) is 24.6. The number of esters is 2. The molecule has 0 radical (unpaired) electrons. The number of phosphoric ester groups is 1. The number of hydrogen-bond acceptors (Lipinski definition) is 8. The van der Waals surface area contributed by atoms with Crippen molar-refractivity contribution in [2.24, 2.45) is 0 Å². The minimum Gasteiger partial charge on any atom is -0.756 e. The molecule has 0 aliphatic carbocycles. The fraction of sp³-hybridized carbons (Fsp3) is 0.941. The van der Waals surface area contributed by atoms with E-state index in [4.69, 9.17) is 18.5 Å². The number of unbranched alkanes of at least 4 members (excludes halogenated alkanes) is 18. The number of phosphoric acid groups is 1. The van der Waals surface area contributed by atoms with E-state index in [-0.39, 0.29) is 26.1 Å². The zero-order valence-electron chi connectivity index (χ0n) is 29.1. The number of nitrogens with zero attached hydrogens (tertiary/aromatic N) is 1. The highest BCUT2D eigenvalue weighted by molar-refractivity contribution is 7.45. The highest BCUT2D eigenvalue weighted by Crippen LogP contribution is 2.38. The topological polar surface area (TPSA) is 111 Å². The van der Waals surface area contributed by atoms with Crippen molar-refractivity contribution in [3.05, 3.63) is 0 Å². The van der Waals surface area contributed by atoms with Gasteiger partial charge in [0.15, 0.2) is 6.10 Å². The summed E-state index contributed by atoms with van der Waals surface area (Å²) in [5.74, 6) is -0.888. The minimum absolute atomic E-state index is 0.0288. The Hall–Kier alpha value is -0.990. The predicted octanol–water partition coefficient (Wildman–Crippen LogP) is 8.27. The molecular weight excluding hydrogens is 581 g/mol. The van der Waals surface area contributed by atoms with E-state index in [0.717, 1.165) is 19.3 Å². The van der Waals surface area contributed by atoms with E-state index in [1.165, 1.54) is 103 Å². The highest BCUT2D eigenvalue weighted by atomic mass is 31.2. The van der Waals surface area contributed by atoms with Crippen LogP contribution in [-0.4, -0.2) is 70.0 Å². The van der Waals surface area contributed by atoms with Gasteiger partial charge in [-0.05, 0) is 12.8 Å². The summed E-state index contributed by atoms with van der Waals surface area (Å²) < 4.78 is 33.0. The van der Waals surface area contributed by atoms with E-state index in [1.54, 1.807) is 0 Å². The number of likely N-dealkylation sites (N-methyl/N-ethyl adjacent to an activating group) is 1. The molecule has 9 nitrogen and oxygen atoms in total. The molecule has 0 rings (SSSR count). The van der Waals surface area contributed by atoms with Crippen LogP contribution in [-0.2, 0) is 32.7 Å². The lowest BCUT2D eigenvalue weighted by atomic mass is 10.0. The first kappa shape index (κ1) is 43.0. The zero-order valence-corrected chi connectivity index (χ0v) is 30.0. The van der Waals surface area contributed by atoms with Crippen LogP contribution in [0.15, 0.2) is 0 Å². The summed E-state index contributed by atoms with van der Waals surface area (Å²) in [6, 6.07) is 0. The Kier molecular flexibility index (Phi) is 27.6. The van der Waals surface area contributed by atoms with Gasteiger partial charge in [0.25, 0.3) is 7.82 Å². The van der Waals surface area contributed by atoms with Gasteiger partial charge in [0.2, 0.25) is 0 Å². The smallest absolute Gasteiger partial charge is 0.306 e. The van der Waals surface area contributed by atoms with Crippen LogP contribution < -0.4 is 4.89 Å². The number of carbonyl (C=O) groups is 2. The first-order valence-corrected chi connectivity index (χ1v) is 19.2. The van der Waals surface area contributed by atoms with Crippen LogP contribution in [0.25, 0.3) is 0 Å². The lowest BCUT2D eigenvalue weighted by Crippen LogP contribution is -2.37. The molecule has 0 aromatic carbocycles. The van der Waals surface area contributed by atoms with Crippen molar-refractivity contribution in [1.29, 1.82) is 0 Å². The maximum atomic E-state index is 12.2. The summed E-state index contributed by atoms with van der Waals surface area (Å²) in [5, 5.41) is 0. The molecule has 0 heterocycles. The summed E-state index contributed by atoms with van der Waals surface area (Å²) in [4.78, 5) is 36.3. The molecule has 44 heavy (non-hydrogen) atoms. The second-order valence-electron chi connectivity index (χ2n) is 13.2. The van der Waals surface area contributed by atoms with Crippen molar-refractivity contribution in [2.45, 2.75) is 161 Å². The van der Waals surface area contributed by atoms with Crippen LogP contribution in [0.4, 0.5) is 0 Å². The molecule has 10 heteroatoms. The molecule has 0 fully saturated rings. The molecule has 0 amide bonds. The van der Waals surface area contributed by atoms with E-state index in [2.05, 4.69) is 6.92 Å². The summed E-state index contributed by atoms with van der Waals surface area (Å²) >= 11 is 0. The van der Waals surface area contributed by atoms with Crippen LogP contribution in [0, 0.1) is 0 Å². The van der Waals surface area contributed by atoms with Gasteiger partial charge in [-0.3, -0.25) is 14.2 Å². The fourth-order valence-corrected chi connectivity index (χ4v) is 5.54. The van der Waals surface area contributed by atoms with E-state index < -0.39 is 32.5 Å². The molecule has 2 atom stereocenters. The largest absolute Gasteiger partial charge is 0.756 e. The van der Waals surface area contributed by atoms with Crippen molar-refractivity contribution in [2.75, 3.05) is 47.5 Å². The number of quaternary nitrogens is 1. The summed E-state index contributed by atoms with van der Waals surface area (Å²) in [5.41, 5.74) is 0. The molecule has 1 unspecified atom stereocenters. The third-order valence-corrected chi connectivity index (χ3v) is 8.56. The van der Waals surface area contributed by atoms with Crippen molar-refractivity contribution in [3.8, 4) is 0 Å². The molecule has 0 aliphatic heterocycles. The minimum atomic E-state index is -4.58. The van der Waals surface area contributed by atoms with Crippen molar-refractivity contribution in [1.82, 2.24) is 0 Å². The molecule has 0 N–H and O–H groups in total. The monoisotopic (exact) mass is 649 g/mol. The molecule has 0 aromatic heterocycles. The molecule has 0 bridgehead atoms. The van der Waals surface area contributed by atoms with Crippen molar-refractivity contribution in [3.63, 3.8) is 0 Å². The molecular formula is C34H68NO8P. The van der Waals surface area contributed by atoms with Crippen LogP contribution in [0.1, 0.15) is 155 Å². The van der Waals surface area contributed by atoms with Gasteiger partial charge < -0.3 is 27.9 Å². The first-order valence-electron chi connectivity index (χ1n) is 17.7. The summed E-state index contributed by atoms with van der Waals surface area (Å²) in [7, 11) is 1.17. The first-order chi connectivity index (χ1) is 21.0. The zero-order chi connectivity index (χ0) is 32.9. The van der Waals surface area contributed by atoms with E-state index >= 15 is 0 Å². The van der Waals surface area contributed by atoms with Gasteiger partial charge in [0, 0.05) is 12.8 Å². The standard InChI is InChI=1S/C34H68NO8P/c1-6-8-9-10-11-12-13-14-15-16-17-18-19-20-21-22-23-24-25-27-33(36)40-30-32(43-34(37)26-7-2)31-42-44(38,39)41-29-28-35(3,4)5/h32H,6-31H2,1-5H3/t32-/m1/s1. The Labute approximate surface area is 270 Å². The van der Waals surface area contributed by atoms with E-state index in [9.17, 15) is 19.0 Å². The number of ether oxygens (including phenoxy) is 2. The van der Waals surface area contributed by atoms with Gasteiger partial charge in [-0.1, -0.05) is 129 Å². The normalized spacial score (nSPS) is 13.9. The van der Waals surface area contributed by atoms with Gasteiger partial charge in [-0.15, -0.1) is 0 Å². The Bertz CT molecular complexity index is 743. The number of carbonyl (C=O) groups excluding carboxylic acids is 2. The second kappa shape index (κ2) is 28.3. The molecule has 0 aromatic rings. The van der Waals surface area contributed by atoms with Gasteiger partial charge in [0.1, 0.15) is 19.8 Å². The van der Waals surface area contributed by atoms with Crippen molar-refractivity contribution >= 4 is 19.8 Å². The fourth-order valence-electron chi connectivity index (χ4n) is 4.81. The van der Waals surface area contributed by atoms with Crippen molar-refractivity contribution < 1.29 is 42.1 Å². The predicted molar refractivity (Wildman–Crippen MR) is 176 cm³/mol. The molecule has 0 spiro atoms. The van der Waals surface area contributed by atoms with Gasteiger partial charge in [-0.25, -0.2) is 0 Å². The Morgan fingerprint density at radius 1 is 0.614 bits per heavy atom. The molecule has 0 saturated carbocycles. The molecule has 0 aliphatic rings. The quantitative estimate of drug-likeness (QED) is 0.0310. The lowest BCUT2D eigenvalue weighted by molar-refractivity contribution is -0.870. The van der Waals surface area contributed by atoms with E-state index in [0.29, 0.717) is 17.4 Å². The van der Waals surface area contributed by atoms with Crippen LogP contribution in [0.3, 0.4) is 0 Å². The average molecular weight is 650 g/mol. The lowest BCUT2D eigenvalue weighted by Gasteiger charge is -2.28. The van der Waals surface area contributed by atoms with Gasteiger partial charge in [0.05, 0.1) is 27.7 Å². The average Bonchev–Trinajstić information content (AvgIpc) is 2.95. The second-order valence-corrected chi connectivity index (χ2v) is 14.7. The van der Waals surface area contributed by atoms with Gasteiger partial charge >= 0.3 is 11.9 Å². The Balaban J connectivity index is 3.90. The summed E-state index contributed by atoms with van der Waals surface area (Å²) in [6.45, 7) is 3.83. The number of rotatable bonds is 32. The van der Waals surface area contributed by atoms with Crippen LogP contribution in [0.2, 0.25) is 0 Å². The maximum absolute atomic E-state index is 12.2. The van der Waals surface area contributed by atoms with Crippen LogP contribution in [0.5, 0.6) is 0 Å². The molecule has 0 saturated heterocycles. The highest BCUT2D eigenvalue weighted by Gasteiger charge is 2.21. The SMILES string of the molecule is CCCCCCCCCCCCCCCCCCCCCC(=O)OC[C@H](COP(=O)([O-])OCC[N+](C)(C)C)OC(=O)CCC. The van der Waals surface area contributed by atoms with Gasteiger partial charge in [-0.2, -0.15) is 0 Å². The third kappa shape index (κ3) is 31.0. The van der Waals surface area contributed by atoms with E-state index in [1.807, 2.05) is 28.1 Å². The Morgan fingerprint density at radius 3 is 1.50 bits per heavy atom. The Morgan fingerprint density at radius 2 is 1.07 bits per heavy atom.